The summed E-state index contributed by atoms with van der Waals surface area (Å²) >= 11 is 0. The van der Waals surface area contributed by atoms with E-state index in [1.807, 2.05) is 6.07 Å². The summed E-state index contributed by atoms with van der Waals surface area (Å²) < 4.78 is 0. The summed E-state index contributed by atoms with van der Waals surface area (Å²) in [4.78, 5) is 4.12. The topological polar surface area (TPSA) is 67.6 Å². The van der Waals surface area contributed by atoms with E-state index in [1.54, 1.807) is 12.3 Å². The van der Waals surface area contributed by atoms with Crippen LogP contribution in [0.2, 0.25) is 0 Å². The minimum Gasteiger partial charge on any atom is -0.380 e. The lowest BCUT2D eigenvalue weighted by molar-refractivity contribution is 1.13. The molecule has 0 saturated carbocycles. The van der Waals surface area contributed by atoms with Crippen molar-refractivity contribution in [3.63, 3.8) is 0 Å². The Morgan fingerprint density at radius 2 is 2.42 bits per heavy atom. The summed E-state index contributed by atoms with van der Waals surface area (Å²) in [6, 6.07) is 1.90. The van der Waals surface area contributed by atoms with E-state index in [9.17, 15) is 0 Å². The van der Waals surface area contributed by atoms with Crippen LogP contribution in [0.1, 0.15) is 5.56 Å². The molecule has 0 aromatic carbocycles. The molecule has 0 amide bonds. The number of fused-ring (bicyclic) bond motifs is 1. The number of anilines is 1. The molecule has 0 aliphatic heterocycles. The van der Waals surface area contributed by atoms with Crippen LogP contribution in [0.3, 0.4) is 0 Å². The maximum atomic E-state index is 5.54. The van der Waals surface area contributed by atoms with Gasteiger partial charge in [0.1, 0.15) is 5.52 Å². The van der Waals surface area contributed by atoms with Crippen molar-refractivity contribution in [2.75, 3.05) is 5.73 Å². The van der Waals surface area contributed by atoms with Crippen LogP contribution in [0.15, 0.2) is 18.8 Å². The highest BCUT2D eigenvalue weighted by atomic mass is 15.2. The van der Waals surface area contributed by atoms with E-state index in [-0.39, 0.29) is 0 Å². The van der Waals surface area contributed by atoms with Crippen molar-refractivity contribution in [1.29, 1.82) is 0 Å². The number of rotatable bonds is 1. The predicted molar refractivity (Wildman–Crippen MR) is 48.4 cm³/mol. The molecule has 0 aliphatic carbocycles. The molecule has 4 nitrogen and oxygen atoms in total. The third kappa shape index (κ3) is 0.852. The Kier molecular flexibility index (Phi) is 1.33. The quantitative estimate of drug-likeness (QED) is 0.658. The number of hydrogen-bond donors (Lipinski definition) is 2. The molecule has 0 aliphatic rings. The van der Waals surface area contributed by atoms with Gasteiger partial charge in [0.25, 0.3) is 0 Å². The molecule has 0 spiro atoms. The SMILES string of the molecule is C=Cc1cnc2c(N)n[nH]c2c1. The van der Waals surface area contributed by atoms with Crippen LogP contribution in [0.25, 0.3) is 17.1 Å². The van der Waals surface area contributed by atoms with Crippen LogP contribution in [-0.2, 0) is 0 Å². The van der Waals surface area contributed by atoms with Gasteiger partial charge in [-0.3, -0.25) is 10.1 Å². The normalized spacial score (nSPS) is 10.3. The number of nitrogen functional groups attached to an aromatic ring is 1. The molecule has 2 aromatic rings. The lowest BCUT2D eigenvalue weighted by Crippen LogP contribution is -1.85. The summed E-state index contributed by atoms with van der Waals surface area (Å²) in [6.07, 6.45) is 3.44. The molecular weight excluding hydrogens is 152 g/mol. The van der Waals surface area contributed by atoms with Gasteiger partial charge in [0, 0.05) is 6.20 Å². The van der Waals surface area contributed by atoms with E-state index in [2.05, 4.69) is 21.8 Å². The molecule has 2 aromatic heterocycles. The van der Waals surface area contributed by atoms with E-state index in [0.717, 1.165) is 11.1 Å². The van der Waals surface area contributed by atoms with Gasteiger partial charge in [0.15, 0.2) is 5.82 Å². The number of nitrogens with one attached hydrogen (secondary N) is 1. The summed E-state index contributed by atoms with van der Waals surface area (Å²) in [6.45, 7) is 3.64. The smallest absolute Gasteiger partial charge is 0.171 e. The molecule has 60 valence electrons. The van der Waals surface area contributed by atoms with E-state index < -0.39 is 0 Å². The van der Waals surface area contributed by atoms with E-state index in [1.165, 1.54) is 0 Å². The minimum absolute atomic E-state index is 0.431. The Morgan fingerprint density at radius 3 is 3.17 bits per heavy atom. The largest absolute Gasteiger partial charge is 0.380 e. The van der Waals surface area contributed by atoms with Crippen LogP contribution < -0.4 is 5.73 Å². The first kappa shape index (κ1) is 6.84. The lowest BCUT2D eigenvalue weighted by Gasteiger charge is -1.91. The molecule has 2 heterocycles. The van der Waals surface area contributed by atoms with Gasteiger partial charge in [-0.05, 0) is 11.6 Å². The Hall–Kier alpha value is -1.84. The number of aromatic amines is 1. The van der Waals surface area contributed by atoms with Gasteiger partial charge in [-0.15, -0.1) is 0 Å². The highest BCUT2D eigenvalue weighted by molar-refractivity contribution is 5.85. The monoisotopic (exact) mass is 160 g/mol. The predicted octanol–water partition coefficient (Wildman–Crippen LogP) is 1.18. The number of H-pyrrole nitrogens is 1. The molecule has 0 atom stereocenters. The van der Waals surface area contributed by atoms with Crippen molar-refractivity contribution in [2.45, 2.75) is 0 Å². The average Bonchev–Trinajstić information content (AvgIpc) is 2.47. The first-order chi connectivity index (χ1) is 5.81. The zero-order valence-corrected chi connectivity index (χ0v) is 6.41. The number of nitrogens with zero attached hydrogens (tertiary/aromatic N) is 2. The first-order valence-electron chi connectivity index (χ1n) is 3.53. The fourth-order valence-corrected chi connectivity index (χ4v) is 1.06. The summed E-state index contributed by atoms with van der Waals surface area (Å²) in [7, 11) is 0. The Labute approximate surface area is 69.1 Å². The number of hydrogen-bond acceptors (Lipinski definition) is 3. The van der Waals surface area contributed by atoms with Crippen LogP contribution >= 0.6 is 0 Å². The molecule has 0 bridgehead atoms. The van der Waals surface area contributed by atoms with Crippen molar-refractivity contribution < 1.29 is 0 Å². The van der Waals surface area contributed by atoms with Gasteiger partial charge >= 0.3 is 0 Å². The second kappa shape index (κ2) is 2.34. The van der Waals surface area contributed by atoms with Crippen molar-refractivity contribution in [1.82, 2.24) is 15.2 Å². The zero-order chi connectivity index (χ0) is 8.55. The molecule has 0 unspecified atom stereocenters. The van der Waals surface area contributed by atoms with Gasteiger partial charge in [0.05, 0.1) is 5.52 Å². The van der Waals surface area contributed by atoms with Crippen LogP contribution in [0, 0.1) is 0 Å². The highest BCUT2D eigenvalue weighted by Crippen LogP contribution is 2.15. The Morgan fingerprint density at radius 1 is 1.58 bits per heavy atom. The molecule has 12 heavy (non-hydrogen) atoms. The number of pyridine rings is 1. The van der Waals surface area contributed by atoms with Crippen molar-refractivity contribution in [3.8, 4) is 0 Å². The molecule has 0 saturated heterocycles. The highest BCUT2D eigenvalue weighted by Gasteiger charge is 2.01. The van der Waals surface area contributed by atoms with E-state index in [0.29, 0.717) is 11.3 Å². The van der Waals surface area contributed by atoms with E-state index >= 15 is 0 Å². The van der Waals surface area contributed by atoms with Crippen LogP contribution in [0.4, 0.5) is 5.82 Å². The Balaban J connectivity index is 2.77. The van der Waals surface area contributed by atoms with Gasteiger partial charge < -0.3 is 5.73 Å². The Bertz CT molecular complexity index is 430. The minimum atomic E-state index is 0.431. The number of aromatic nitrogens is 3. The van der Waals surface area contributed by atoms with Gasteiger partial charge in [-0.25, -0.2) is 0 Å². The van der Waals surface area contributed by atoms with Crippen molar-refractivity contribution in [2.24, 2.45) is 0 Å². The van der Waals surface area contributed by atoms with Crippen LogP contribution in [0.5, 0.6) is 0 Å². The third-order valence-corrected chi connectivity index (χ3v) is 1.68. The lowest BCUT2D eigenvalue weighted by atomic mass is 10.2. The second-order valence-electron chi connectivity index (χ2n) is 2.48. The third-order valence-electron chi connectivity index (χ3n) is 1.68. The zero-order valence-electron chi connectivity index (χ0n) is 6.41. The number of nitrogens with two attached hydrogens (primary N) is 1. The summed E-state index contributed by atoms with van der Waals surface area (Å²) in [5.41, 5.74) is 8.03. The second-order valence-corrected chi connectivity index (χ2v) is 2.48. The molecular formula is C8H8N4. The van der Waals surface area contributed by atoms with Gasteiger partial charge in [-0.2, -0.15) is 5.10 Å². The van der Waals surface area contributed by atoms with Crippen molar-refractivity contribution >= 4 is 22.9 Å². The fraction of sp³-hybridized carbons (Fsp3) is 0. The molecule has 3 N–H and O–H groups in total. The average molecular weight is 160 g/mol. The standard InChI is InChI=1S/C8H8N4/c1-2-5-3-6-7(10-4-5)8(9)12-11-6/h2-4H,1H2,(H3,9,11,12). The van der Waals surface area contributed by atoms with Crippen molar-refractivity contribution in [3.05, 3.63) is 24.4 Å². The summed E-state index contributed by atoms with van der Waals surface area (Å²) in [5.74, 6) is 0.431. The maximum Gasteiger partial charge on any atom is 0.171 e. The summed E-state index contributed by atoms with van der Waals surface area (Å²) in [5, 5.41) is 6.60. The molecule has 0 radical (unpaired) electrons. The van der Waals surface area contributed by atoms with Gasteiger partial charge in [0.2, 0.25) is 0 Å². The molecule has 0 fully saturated rings. The molecule has 2 rings (SSSR count). The fourth-order valence-electron chi connectivity index (χ4n) is 1.06. The van der Waals surface area contributed by atoms with Crippen LogP contribution in [-0.4, -0.2) is 15.2 Å². The first-order valence-corrected chi connectivity index (χ1v) is 3.53. The molecule has 4 heteroatoms. The maximum absolute atomic E-state index is 5.54. The van der Waals surface area contributed by atoms with Gasteiger partial charge in [-0.1, -0.05) is 12.7 Å². The van der Waals surface area contributed by atoms with E-state index in [4.69, 9.17) is 5.73 Å².